The zero-order valence-electron chi connectivity index (χ0n) is 11.6. The maximum absolute atomic E-state index is 5.43. The van der Waals surface area contributed by atoms with Crippen LogP contribution in [0.2, 0.25) is 0 Å². The Hall–Kier alpha value is -1.81. The lowest BCUT2D eigenvalue weighted by molar-refractivity contribution is 0.340. The average Bonchev–Trinajstić information content (AvgIpc) is 2.83. The highest BCUT2D eigenvalue weighted by Gasteiger charge is 2.07. The molecule has 0 amide bonds. The van der Waals surface area contributed by atoms with Crippen molar-refractivity contribution in [2.45, 2.75) is 33.4 Å². The molecule has 1 atom stereocenters. The zero-order valence-corrected chi connectivity index (χ0v) is 11.6. The fourth-order valence-electron chi connectivity index (χ4n) is 1.89. The van der Waals surface area contributed by atoms with Gasteiger partial charge in [0.25, 0.3) is 0 Å². The number of rotatable bonds is 6. The van der Waals surface area contributed by atoms with Gasteiger partial charge < -0.3 is 14.6 Å². The van der Waals surface area contributed by atoms with Crippen molar-refractivity contribution in [1.82, 2.24) is 10.5 Å². The first-order valence-electron chi connectivity index (χ1n) is 6.57. The normalized spacial score (nSPS) is 12.4. The number of hydrogen-bond donors (Lipinski definition) is 1. The highest BCUT2D eigenvalue weighted by atomic mass is 16.5. The van der Waals surface area contributed by atoms with Gasteiger partial charge in [-0.05, 0) is 38.5 Å². The van der Waals surface area contributed by atoms with Gasteiger partial charge in [-0.15, -0.1) is 0 Å². The monoisotopic (exact) mass is 260 g/mol. The SMILES string of the molecule is CCOc1ccc(C(C)NCc2cc(C)no2)cc1. The fourth-order valence-corrected chi connectivity index (χ4v) is 1.89. The van der Waals surface area contributed by atoms with Crippen LogP contribution >= 0.6 is 0 Å². The van der Waals surface area contributed by atoms with Crippen LogP contribution < -0.4 is 10.1 Å². The predicted molar refractivity (Wildman–Crippen MR) is 74.1 cm³/mol. The van der Waals surface area contributed by atoms with Gasteiger partial charge in [-0.2, -0.15) is 0 Å². The Morgan fingerprint density at radius 1 is 1.32 bits per heavy atom. The molecule has 1 aromatic carbocycles. The Kier molecular flexibility index (Phi) is 4.58. The van der Waals surface area contributed by atoms with Crippen LogP contribution in [-0.2, 0) is 6.54 Å². The van der Waals surface area contributed by atoms with Gasteiger partial charge in [0.1, 0.15) is 5.75 Å². The molecule has 1 heterocycles. The molecule has 4 heteroatoms. The summed E-state index contributed by atoms with van der Waals surface area (Å²) in [5, 5.41) is 7.27. The first-order chi connectivity index (χ1) is 9.19. The van der Waals surface area contributed by atoms with Crippen molar-refractivity contribution in [3.8, 4) is 5.75 Å². The number of nitrogens with one attached hydrogen (secondary N) is 1. The molecular formula is C15H20N2O2. The van der Waals surface area contributed by atoms with Gasteiger partial charge in [0.2, 0.25) is 0 Å². The van der Waals surface area contributed by atoms with Gasteiger partial charge in [0.05, 0.1) is 18.8 Å². The summed E-state index contributed by atoms with van der Waals surface area (Å²) in [6.07, 6.45) is 0. The number of ether oxygens (including phenoxy) is 1. The minimum Gasteiger partial charge on any atom is -0.494 e. The second kappa shape index (κ2) is 6.38. The molecule has 0 spiro atoms. The molecule has 0 aliphatic rings. The van der Waals surface area contributed by atoms with Crippen LogP contribution in [0.15, 0.2) is 34.9 Å². The van der Waals surface area contributed by atoms with Crippen molar-refractivity contribution in [2.24, 2.45) is 0 Å². The van der Waals surface area contributed by atoms with Gasteiger partial charge in [-0.3, -0.25) is 0 Å². The van der Waals surface area contributed by atoms with E-state index >= 15 is 0 Å². The molecule has 0 saturated heterocycles. The Balaban J connectivity index is 1.90. The van der Waals surface area contributed by atoms with E-state index < -0.39 is 0 Å². The molecule has 2 aromatic rings. The van der Waals surface area contributed by atoms with Crippen LogP contribution in [0, 0.1) is 6.92 Å². The summed E-state index contributed by atoms with van der Waals surface area (Å²) < 4.78 is 10.6. The Morgan fingerprint density at radius 2 is 2.05 bits per heavy atom. The van der Waals surface area contributed by atoms with Gasteiger partial charge in [0.15, 0.2) is 5.76 Å². The first kappa shape index (κ1) is 13.6. The molecule has 0 fully saturated rings. The third-order valence-electron chi connectivity index (χ3n) is 2.95. The molecule has 2 rings (SSSR count). The quantitative estimate of drug-likeness (QED) is 0.866. The smallest absolute Gasteiger partial charge is 0.150 e. The van der Waals surface area contributed by atoms with Gasteiger partial charge >= 0.3 is 0 Å². The molecule has 1 aromatic heterocycles. The van der Waals surface area contributed by atoms with Crippen LogP contribution in [0.5, 0.6) is 5.75 Å². The van der Waals surface area contributed by atoms with Crippen LogP contribution in [-0.4, -0.2) is 11.8 Å². The first-order valence-corrected chi connectivity index (χ1v) is 6.57. The van der Waals surface area contributed by atoms with E-state index in [2.05, 4.69) is 29.5 Å². The van der Waals surface area contributed by atoms with Crippen molar-refractivity contribution in [3.63, 3.8) is 0 Å². The summed E-state index contributed by atoms with van der Waals surface area (Å²) in [7, 11) is 0. The summed E-state index contributed by atoms with van der Waals surface area (Å²) in [6, 6.07) is 10.3. The fraction of sp³-hybridized carbons (Fsp3) is 0.400. The second-order valence-corrected chi connectivity index (χ2v) is 4.54. The third-order valence-corrected chi connectivity index (χ3v) is 2.95. The van der Waals surface area contributed by atoms with Crippen LogP contribution in [0.3, 0.4) is 0 Å². The summed E-state index contributed by atoms with van der Waals surface area (Å²) in [6.45, 7) is 7.40. The largest absolute Gasteiger partial charge is 0.494 e. The molecular weight excluding hydrogens is 240 g/mol. The maximum atomic E-state index is 5.43. The summed E-state index contributed by atoms with van der Waals surface area (Å²) in [4.78, 5) is 0. The molecule has 1 N–H and O–H groups in total. The predicted octanol–water partition coefficient (Wildman–Crippen LogP) is 3.23. The molecule has 102 valence electrons. The van der Waals surface area contributed by atoms with E-state index in [1.165, 1.54) is 5.56 Å². The molecule has 1 unspecified atom stereocenters. The molecule has 19 heavy (non-hydrogen) atoms. The van der Waals surface area contributed by atoms with E-state index in [0.29, 0.717) is 13.2 Å². The Bertz CT molecular complexity index is 505. The topological polar surface area (TPSA) is 47.3 Å². The number of nitrogens with zero attached hydrogens (tertiary/aromatic N) is 1. The minimum atomic E-state index is 0.251. The third kappa shape index (κ3) is 3.83. The average molecular weight is 260 g/mol. The van der Waals surface area contributed by atoms with E-state index in [4.69, 9.17) is 9.26 Å². The van der Waals surface area contributed by atoms with Crippen molar-refractivity contribution >= 4 is 0 Å². The molecule has 4 nitrogen and oxygen atoms in total. The van der Waals surface area contributed by atoms with Crippen LogP contribution in [0.4, 0.5) is 0 Å². The van der Waals surface area contributed by atoms with E-state index in [1.807, 2.05) is 32.0 Å². The van der Waals surface area contributed by atoms with Gasteiger partial charge in [-0.1, -0.05) is 17.3 Å². The molecule has 0 radical (unpaired) electrons. The lowest BCUT2D eigenvalue weighted by Crippen LogP contribution is -2.17. The Morgan fingerprint density at radius 3 is 2.63 bits per heavy atom. The maximum Gasteiger partial charge on any atom is 0.150 e. The zero-order chi connectivity index (χ0) is 13.7. The van der Waals surface area contributed by atoms with E-state index in [-0.39, 0.29) is 6.04 Å². The summed E-state index contributed by atoms with van der Waals surface area (Å²) in [5.41, 5.74) is 2.13. The van der Waals surface area contributed by atoms with Crippen molar-refractivity contribution in [1.29, 1.82) is 0 Å². The van der Waals surface area contributed by atoms with Crippen molar-refractivity contribution < 1.29 is 9.26 Å². The number of aromatic nitrogens is 1. The highest BCUT2D eigenvalue weighted by Crippen LogP contribution is 2.18. The van der Waals surface area contributed by atoms with Crippen molar-refractivity contribution in [3.05, 3.63) is 47.3 Å². The van der Waals surface area contributed by atoms with Gasteiger partial charge in [-0.25, -0.2) is 0 Å². The lowest BCUT2D eigenvalue weighted by atomic mass is 10.1. The van der Waals surface area contributed by atoms with Crippen molar-refractivity contribution in [2.75, 3.05) is 6.61 Å². The van der Waals surface area contributed by atoms with E-state index in [0.717, 1.165) is 17.2 Å². The summed E-state index contributed by atoms with van der Waals surface area (Å²) in [5.74, 6) is 1.76. The minimum absolute atomic E-state index is 0.251. The standard InChI is InChI=1S/C15H20N2O2/c1-4-18-14-7-5-13(6-8-14)12(3)16-10-15-9-11(2)17-19-15/h5-9,12,16H,4,10H2,1-3H3. The highest BCUT2D eigenvalue weighted by molar-refractivity contribution is 5.28. The molecule has 0 aliphatic carbocycles. The molecule has 0 aliphatic heterocycles. The van der Waals surface area contributed by atoms with E-state index in [9.17, 15) is 0 Å². The lowest BCUT2D eigenvalue weighted by Gasteiger charge is -2.13. The summed E-state index contributed by atoms with van der Waals surface area (Å²) >= 11 is 0. The van der Waals surface area contributed by atoms with Gasteiger partial charge in [0, 0.05) is 12.1 Å². The number of benzene rings is 1. The van der Waals surface area contributed by atoms with Crippen LogP contribution in [0.25, 0.3) is 0 Å². The van der Waals surface area contributed by atoms with E-state index in [1.54, 1.807) is 0 Å². The Labute approximate surface area is 113 Å². The number of aryl methyl sites for hydroxylation is 1. The molecule has 0 bridgehead atoms. The van der Waals surface area contributed by atoms with Crippen LogP contribution in [0.1, 0.15) is 36.9 Å². The number of hydrogen-bond acceptors (Lipinski definition) is 4. The molecule has 0 saturated carbocycles. The second-order valence-electron chi connectivity index (χ2n) is 4.54.